The van der Waals surface area contributed by atoms with E-state index in [2.05, 4.69) is 6.92 Å². The minimum absolute atomic E-state index is 0.297. The summed E-state index contributed by atoms with van der Waals surface area (Å²) >= 11 is 6.45. The number of sulfone groups is 1. The van der Waals surface area contributed by atoms with Gasteiger partial charge in [-0.2, -0.15) is 0 Å². The maximum absolute atomic E-state index is 11.6. The minimum atomic E-state index is -3.21. The van der Waals surface area contributed by atoms with Crippen molar-refractivity contribution < 1.29 is 8.42 Å². The Kier molecular flexibility index (Phi) is 4.51. The van der Waals surface area contributed by atoms with Crippen LogP contribution >= 0.6 is 11.6 Å². The summed E-state index contributed by atoms with van der Waals surface area (Å²) in [5.74, 6) is 0. The molecule has 106 valence electrons. The molecule has 0 aliphatic carbocycles. The summed E-state index contributed by atoms with van der Waals surface area (Å²) < 4.78 is 23.2. The fourth-order valence-corrected chi connectivity index (χ4v) is 2.97. The van der Waals surface area contributed by atoms with Crippen LogP contribution in [0.1, 0.15) is 29.0 Å². The number of alkyl halides is 1. The summed E-state index contributed by atoms with van der Waals surface area (Å²) in [7, 11) is -3.21. The molecule has 1 unspecified atom stereocenters. The van der Waals surface area contributed by atoms with Crippen LogP contribution in [0.5, 0.6) is 0 Å². The molecule has 0 heterocycles. The zero-order valence-electron chi connectivity index (χ0n) is 11.5. The van der Waals surface area contributed by atoms with Gasteiger partial charge in [0.15, 0.2) is 9.84 Å². The zero-order valence-corrected chi connectivity index (χ0v) is 13.1. The van der Waals surface area contributed by atoms with Crippen LogP contribution in [0.15, 0.2) is 53.4 Å². The molecular weight excluding hydrogens is 292 g/mol. The van der Waals surface area contributed by atoms with E-state index in [1.807, 2.05) is 30.3 Å². The largest absolute Gasteiger partial charge is 0.224 e. The van der Waals surface area contributed by atoms with Gasteiger partial charge in [0.25, 0.3) is 0 Å². The zero-order chi connectivity index (χ0) is 14.8. The second kappa shape index (κ2) is 5.98. The number of halogens is 1. The molecule has 0 saturated carbocycles. The van der Waals surface area contributed by atoms with Crippen LogP contribution in [0.25, 0.3) is 0 Å². The second-order valence-corrected chi connectivity index (χ2v) is 7.25. The Labute approximate surface area is 125 Å². The molecule has 4 heteroatoms. The quantitative estimate of drug-likeness (QED) is 0.801. The van der Waals surface area contributed by atoms with Gasteiger partial charge in [-0.25, -0.2) is 8.42 Å². The Morgan fingerprint density at radius 3 is 2.25 bits per heavy atom. The first kappa shape index (κ1) is 15.1. The standard InChI is InChI=1S/C16H17ClO2S/c1-3-12-7-9-13(10-8-12)16(17)14-5-4-6-15(11-14)20(2,18)19/h4-11,16H,3H2,1-2H3. The van der Waals surface area contributed by atoms with Crippen LogP contribution in [0, 0.1) is 0 Å². The Morgan fingerprint density at radius 2 is 1.70 bits per heavy atom. The number of hydrogen-bond acceptors (Lipinski definition) is 2. The van der Waals surface area contributed by atoms with Crippen LogP contribution in [-0.4, -0.2) is 14.7 Å². The second-order valence-electron chi connectivity index (χ2n) is 4.80. The van der Waals surface area contributed by atoms with Crippen molar-refractivity contribution in [1.82, 2.24) is 0 Å². The van der Waals surface area contributed by atoms with E-state index in [1.165, 1.54) is 11.8 Å². The van der Waals surface area contributed by atoms with E-state index in [-0.39, 0.29) is 5.38 Å². The molecular formula is C16H17ClO2S. The average molecular weight is 309 g/mol. The lowest BCUT2D eigenvalue weighted by molar-refractivity contribution is 0.601. The van der Waals surface area contributed by atoms with Gasteiger partial charge in [0.1, 0.15) is 0 Å². The van der Waals surface area contributed by atoms with Gasteiger partial charge in [0.2, 0.25) is 0 Å². The molecule has 2 rings (SSSR count). The van der Waals surface area contributed by atoms with Crippen LogP contribution in [-0.2, 0) is 16.3 Å². The van der Waals surface area contributed by atoms with Gasteiger partial charge >= 0.3 is 0 Å². The fraction of sp³-hybridized carbons (Fsp3) is 0.250. The molecule has 0 N–H and O–H groups in total. The van der Waals surface area contributed by atoms with Crippen molar-refractivity contribution in [2.75, 3.05) is 6.26 Å². The Morgan fingerprint density at radius 1 is 1.05 bits per heavy atom. The summed E-state index contributed by atoms with van der Waals surface area (Å²) in [5.41, 5.74) is 3.01. The van der Waals surface area contributed by atoms with Gasteiger partial charge in [-0.1, -0.05) is 43.3 Å². The lowest BCUT2D eigenvalue weighted by Gasteiger charge is -2.12. The fourth-order valence-electron chi connectivity index (χ4n) is 2.02. The molecule has 0 spiro atoms. The number of aryl methyl sites for hydroxylation is 1. The predicted molar refractivity (Wildman–Crippen MR) is 83.1 cm³/mol. The molecule has 0 radical (unpaired) electrons. The van der Waals surface area contributed by atoms with E-state index in [1.54, 1.807) is 18.2 Å². The summed E-state index contributed by atoms with van der Waals surface area (Å²) in [4.78, 5) is 0.297. The summed E-state index contributed by atoms with van der Waals surface area (Å²) in [6, 6.07) is 14.9. The van der Waals surface area contributed by atoms with E-state index in [0.717, 1.165) is 17.5 Å². The van der Waals surface area contributed by atoms with Gasteiger partial charge < -0.3 is 0 Å². The third kappa shape index (κ3) is 3.41. The van der Waals surface area contributed by atoms with E-state index < -0.39 is 9.84 Å². The molecule has 2 aromatic carbocycles. The average Bonchev–Trinajstić information content (AvgIpc) is 2.46. The predicted octanol–water partition coefficient (Wildman–Crippen LogP) is 3.98. The molecule has 1 atom stereocenters. The maximum Gasteiger partial charge on any atom is 0.175 e. The highest BCUT2D eigenvalue weighted by Gasteiger charge is 2.14. The third-order valence-corrected chi connectivity index (χ3v) is 4.87. The third-order valence-electron chi connectivity index (χ3n) is 3.26. The molecule has 0 aliphatic heterocycles. The topological polar surface area (TPSA) is 34.1 Å². The Bertz CT molecular complexity index is 691. The van der Waals surface area contributed by atoms with Gasteiger partial charge in [-0.05, 0) is 35.2 Å². The van der Waals surface area contributed by atoms with Crippen molar-refractivity contribution in [3.63, 3.8) is 0 Å². The van der Waals surface area contributed by atoms with E-state index in [9.17, 15) is 8.42 Å². The molecule has 2 nitrogen and oxygen atoms in total. The maximum atomic E-state index is 11.6. The van der Waals surface area contributed by atoms with Gasteiger partial charge in [0, 0.05) is 6.26 Å². The van der Waals surface area contributed by atoms with E-state index in [4.69, 9.17) is 11.6 Å². The molecule has 0 saturated heterocycles. The van der Waals surface area contributed by atoms with Gasteiger partial charge in [-0.3, -0.25) is 0 Å². The highest BCUT2D eigenvalue weighted by atomic mass is 35.5. The number of rotatable bonds is 4. The van der Waals surface area contributed by atoms with Crippen molar-refractivity contribution in [2.24, 2.45) is 0 Å². The molecule has 0 aromatic heterocycles. The Balaban J connectivity index is 2.35. The molecule has 0 fully saturated rings. The summed E-state index contributed by atoms with van der Waals surface area (Å²) in [6.07, 6.45) is 2.18. The molecule has 0 bridgehead atoms. The normalized spacial score (nSPS) is 13.2. The van der Waals surface area contributed by atoms with Crippen molar-refractivity contribution in [3.05, 3.63) is 65.2 Å². The van der Waals surface area contributed by atoms with Crippen molar-refractivity contribution in [3.8, 4) is 0 Å². The lowest BCUT2D eigenvalue weighted by Crippen LogP contribution is -2.00. The van der Waals surface area contributed by atoms with Gasteiger partial charge in [0.05, 0.1) is 10.3 Å². The first-order chi connectivity index (χ1) is 9.41. The van der Waals surface area contributed by atoms with Crippen molar-refractivity contribution in [2.45, 2.75) is 23.6 Å². The molecule has 20 heavy (non-hydrogen) atoms. The van der Waals surface area contributed by atoms with E-state index in [0.29, 0.717) is 4.90 Å². The number of benzene rings is 2. The van der Waals surface area contributed by atoms with E-state index >= 15 is 0 Å². The first-order valence-electron chi connectivity index (χ1n) is 6.44. The van der Waals surface area contributed by atoms with Crippen LogP contribution in [0.2, 0.25) is 0 Å². The van der Waals surface area contributed by atoms with Gasteiger partial charge in [-0.15, -0.1) is 11.6 Å². The first-order valence-corrected chi connectivity index (χ1v) is 8.77. The lowest BCUT2D eigenvalue weighted by atomic mass is 10.0. The monoisotopic (exact) mass is 308 g/mol. The summed E-state index contributed by atoms with van der Waals surface area (Å²) in [6.45, 7) is 2.10. The smallest absolute Gasteiger partial charge is 0.175 e. The van der Waals surface area contributed by atoms with Crippen LogP contribution in [0.4, 0.5) is 0 Å². The SMILES string of the molecule is CCc1ccc(C(Cl)c2cccc(S(C)(=O)=O)c2)cc1. The summed E-state index contributed by atoms with van der Waals surface area (Å²) in [5, 5.41) is -0.345. The minimum Gasteiger partial charge on any atom is -0.224 e. The van der Waals surface area contributed by atoms with Crippen molar-refractivity contribution in [1.29, 1.82) is 0 Å². The highest BCUT2D eigenvalue weighted by molar-refractivity contribution is 7.90. The molecule has 0 amide bonds. The van der Waals surface area contributed by atoms with Crippen LogP contribution < -0.4 is 0 Å². The number of hydrogen-bond donors (Lipinski definition) is 0. The molecule has 2 aromatic rings. The van der Waals surface area contributed by atoms with Crippen LogP contribution in [0.3, 0.4) is 0 Å². The van der Waals surface area contributed by atoms with Crippen molar-refractivity contribution >= 4 is 21.4 Å². The molecule has 0 aliphatic rings. The highest BCUT2D eigenvalue weighted by Crippen LogP contribution is 2.30. The Hall–Kier alpha value is -1.32.